The second-order valence-corrected chi connectivity index (χ2v) is 12.1. The summed E-state index contributed by atoms with van der Waals surface area (Å²) in [4.78, 5) is 25.4. The van der Waals surface area contributed by atoms with Crippen LogP contribution in [0.2, 0.25) is 0 Å². The third-order valence-electron chi connectivity index (χ3n) is 8.72. The number of carbonyl (C=O) groups excluding carboxylic acids is 1. The number of hydrogen-bond acceptors (Lipinski definition) is 7. The molecule has 0 aliphatic rings. The number of furan rings is 1. The zero-order chi connectivity index (χ0) is 31.5. The van der Waals surface area contributed by atoms with Crippen molar-refractivity contribution in [2.75, 3.05) is 0 Å². The number of ketones is 1. The molecule has 1 radical (unpaired) electrons. The van der Waals surface area contributed by atoms with Crippen molar-refractivity contribution in [3.05, 3.63) is 90.4 Å². The van der Waals surface area contributed by atoms with Gasteiger partial charge in [0.2, 0.25) is 5.71 Å². The summed E-state index contributed by atoms with van der Waals surface area (Å²) < 4.78 is 7.30. The Balaban J connectivity index is 0.000000225. The third kappa shape index (κ3) is 6.35. The van der Waals surface area contributed by atoms with Crippen molar-refractivity contribution in [1.29, 1.82) is 0 Å². The minimum absolute atomic E-state index is 0. The monoisotopic (exact) mass is 807 g/mol. The van der Waals surface area contributed by atoms with Gasteiger partial charge in [-0.3, -0.25) is 9.78 Å². The number of allylic oxidation sites excluding steroid dienone is 2. The van der Waals surface area contributed by atoms with Crippen LogP contribution in [-0.2, 0) is 24.9 Å². The van der Waals surface area contributed by atoms with E-state index in [-0.39, 0.29) is 43.5 Å². The first-order valence-corrected chi connectivity index (χ1v) is 16.5. The molecule has 46 heavy (non-hydrogen) atoms. The Hall–Kier alpha value is -3.97. The van der Waals surface area contributed by atoms with E-state index in [0.717, 1.165) is 80.4 Å². The van der Waals surface area contributed by atoms with Gasteiger partial charge in [-0.15, -0.1) is 41.0 Å². The number of thiazole rings is 1. The molecule has 8 heteroatoms. The van der Waals surface area contributed by atoms with Gasteiger partial charge in [-0.25, -0.2) is 9.97 Å². The maximum Gasteiger partial charge on any atom is 0.223 e. The standard InChI is InChI=1S/C25H12N3OS.C13H24O2.Ir/c1-2-4-15-11-16(6-5-14(15)3-1)23-22-21-17-8-10-20-24(28-13-30-20)18(17)7-9-19(21)29-25(22)27-12-26-23;1-5-10(6-2)12(14)9-13(15)11(7-3)8-4;/h1-10,12-13H;9-11,14H,5-8H2,1-4H3;/q-1;;/b;12-9-;. The van der Waals surface area contributed by atoms with E-state index in [2.05, 4.69) is 63.5 Å². The Bertz CT molecular complexity index is 2180. The van der Waals surface area contributed by atoms with Crippen molar-refractivity contribution in [2.24, 2.45) is 11.8 Å². The van der Waals surface area contributed by atoms with Crippen molar-refractivity contribution >= 4 is 71.0 Å². The Labute approximate surface area is 285 Å². The molecule has 1 N–H and O–H groups in total. The number of aliphatic hydroxyl groups excluding tert-OH is 1. The molecule has 3 heterocycles. The molecule has 0 spiro atoms. The van der Waals surface area contributed by atoms with Gasteiger partial charge in [0.05, 0.1) is 21.5 Å². The average molecular weight is 807 g/mol. The Morgan fingerprint density at radius 2 is 1.61 bits per heavy atom. The summed E-state index contributed by atoms with van der Waals surface area (Å²) in [6.07, 6.45) is 6.47. The topological polar surface area (TPSA) is 89.1 Å². The van der Waals surface area contributed by atoms with Crippen LogP contribution >= 0.6 is 11.3 Å². The van der Waals surface area contributed by atoms with Crippen molar-refractivity contribution in [2.45, 2.75) is 53.4 Å². The van der Waals surface area contributed by atoms with E-state index in [1.165, 1.54) is 10.8 Å². The van der Waals surface area contributed by atoms with Gasteiger partial charge >= 0.3 is 0 Å². The van der Waals surface area contributed by atoms with Crippen LogP contribution in [0.1, 0.15) is 53.4 Å². The Morgan fingerprint density at radius 3 is 2.37 bits per heavy atom. The maximum atomic E-state index is 11.7. The molecule has 0 saturated carbocycles. The minimum Gasteiger partial charge on any atom is -0.512 e. The zero-order valence-electron chi connectivity index (χ0n) is 26.3. The number of fused-ring (bicyclic) bond motifs is 8. The summed E-state index contributed by atoms with van der Waals surface area (Å²) >= 11 is 1.65. The van der Waals surface area contributed by atoms with Gasteiger partial charge in [0.1, 0.15) is 11.9 Å². The molecule has 0 atom stereocenters. The zero-order valence-corrected chi connectivity index (χ0v) is 29.5. The van der Waals surface area contributed by atoms with Crippen LogP contribution in [0.25, 0.3) is 65.1 Å². The number of nitrogens with zero attached hydrogens (tertiary/aromatic N) is 3. The normalized spacial score (nSPS) is 11.9. The van der Waals surface area contributed by atoms with Gasteiger partial charge in [-0.2, -0.15) is 0 Å². The van der Waals surface area contributed by atoms with E-state index in [1.54, 1.807) is 17.7 Å². The molecule has 0 unspecified atom stereocenters. The quantitative estimate of drug-likeness (QED) is 0.0935. The largest absolute Gasteiger partial charge is 0.512 e. The van der Waals surface area contributed by atoms with Crippen LogP contribution in [0.15, 0.2) is 88.8 Å². The molecule has 0 aliphatic heterocycles. The number of aliphatic hydroxyl groups is 1. The molecule has 7 rings (SSSR count). The van der Waals surface area contributed by atoms with Crippen LogP contribution in [0.4, 0.5) is 0 Å². The van der Waals surface area contributed by atoms with Gasteiger partial charge in [-0.1, -0.05) is 62.9 Å². The van der Waals surface area contributed by atoms with Gasteiger partial charge in [0.15, 0.2) is 5.78 Å². The minimum atomic E-state index is 0. The summed E-state index contributed by atoms with van der Waals surface area (Å²) in [5.41, 5.74) is 6.05. The van der Waals surface area contributed by atoms with Gasteiger partial charge < -0.3 is 9.52 Å². The van der Waals surface area contributed by atoms with Crippen LogP contribution in [0.3, 0.4) is 0 Å². The number of aromatic nitrogens is 3. The van der Waals surface area contributed by atoms with Crippen molar-refractivity contribution < 1.29 is 34.4 Å². The smallest absolute Gasteiger partial charge is 0.223 e. The second kappa shape index (κ2) is 14.6. The van der Waals surface area contributed by atoms with E-state index in [1.807, 2.05) is 51.4 Å². The summed E-state index contributed by atoms with van der Waals surface area (Å²) in [5.74, 6) is 0.547. The van der Waals surface area contributed by atoms with Gasteiger partial charge in [0.25, 0.3) is 0 Å². The fourth-order valence-corrected chi connectivity index (χ4v) is 6.76. The molecule has 0 amide bonds. The number of rotatable bonds is 8. The van der Waals surface area contributed by atoms with Crippen molar-refractivity contribution in [3.63, 3.8) is 0 Å². The molecular formula is C38H36IrN3O3S-. The first-order valence-electron chi connectivity index (χ1n) is 15.6. The Morgan fingerprint density at radius 1 is 0.870 bits per heavy atom. The van der Waals surface area contributed by atoms with E-state index in [4.69, 9.17) is 4.42 Å². The molecule has 0 fully saturated rings. The summed E-state index contributed by atoms with van der Waals surface area (Å²) in [7, 11) is 0. The van der Waals surface area contributed by atoms with E-state index < -0.39 is 0 Å². The summed E-state index contributed by atoms with van der Waals surface area (Å²) in [5, 5.41) is 16.1. The molecule has 3 aromatic heterocycles. The van der Waals surface area contributed by atoms with Crippen LogP contribution in [0.5, 0.6) is 0 Å². The summed E-state index contributed by atoms with van der Waals surface area (Å²) in [6, 6.07) is 24.3. The average Bonchev–Trinajstić information content (AvgIpc) is 3.71. The number of hydrogen-bond donors (Lipinski definition) is 1. The van der Waals surface area contributed by atoms with Gasteiger partial charge in [-0.05, 0) is 49.3 Å². The molecular weight excluding hydrogens is 771 g/mol. The van der Waals surface area contributed by atoms with E-state index in [9.17, 15) is 9.90 Å². The van der Waals surface area contributed by atoms with Crippen LogP contribution in [0, 0.1) is 17.9 Å². The van der Waals surface area contributed by atoms with Crippen molar-refractivity contribution in [3.8, 4) is 11.3 Å². The Kier molecular flexibility index (Phi) is 10.6. The maximum absolute atomic E-state index is 11.7. The molecule has 7 aromatic rings. The molecule has 237 valence electrons. The first kappa shape index (κ1) is 33.4. The summed E-state index contributed by atoms with van der Waals surface area (Å²) in [6.45, 7) is 8.07. The fourth-order valence-electron chi connectivity index (χ4n) is 6.07. The number of carbonyl (C=O) groups is 1. The molecule has 0 aliphatic carbocycles. The molecule has 0 bridgehead atoms. The third-order valence-corrected chi connectivity index (χ3v) is 9.52. The van der Waals surface area contributed by atoms with Crippen LogP contribution in [-0.4, -0.2) is 25.8 Å². The number of benzene rings is 4. The van der Waals surface area contributed by atoms with Crippen LogP contribution < -0.4 is 0 Å². The molecule has 0 saturated heterocycles. The van der Waals surface area contributed by atoms with E-state index >= 15 is 0 Å². The first-order chi connectivity index (χ1) is 22.0. The second-order valence-electron chi connectivity index (χ2n) is 11.3. The predicted molar refractivity (Wildman–Crippen MR) is 186 cm³/mol. The fraction of sp³-hybridized carbons (Fsp3) is 0.263. The molecule has 6 nitrogen and oxygen atoms in total. The van der Waals surface area contributed by atoms with E-state index in [0.29, 0.717) is 5.71 Å². The SMILES string of the molecule is CCC(CC)C(=O)/C=C(\O)C(CC)CC.[Ir].[c-]1c(-c2ncnc3oc4ccc5c(ccc6scnc65)c4c23)ccc2ccccc12. The molecule has 4 aromatic carbocycles. The predicted octanol–water partition coefficient (Wildman–Crippen LogP) is 10.6. The van der Waals surface area contributed by atoms with Gasteiger partial charge in [0, 0.05) is 59.9 Å². The van der Waals surface area contributed by atoms with Crippen molar-refractivity contribution in [1.82, 2.24) is 15.0 Å².